The van der Waals surface area contributed by atoms with Gasteiger partial charge in [0.05, 0.1) is 7.11 Å². The molecular formula is C31H46N6O6. The maximum atomic E-state index is 13.1. The predicted molar refractivity (Wildman–Crippen MR) is 162 cm³/mol. The second-order valence-electron chi connectivity index (χ2n) is 10.9. The molecule has 1 aliphatic rings. The first-order valence-electron chi connectivity index (χ1n) is 15.0. The molecule has 12 heteroatoms. The molecule has 1 aromatic carbocycles. The number of hydrogen-bond acceptors (Lipinski definition) is 7. The number of hydrogen-bond donors (Lipinski definition) is 2. The Balaban J connectivity index is 1.64. The Hall–Kier alpha value is -4.09. The van der Waals surface area contributed by atoms with Gasteiger partial charge >= 0.3 is 0 Å². The van der Waals surface area contributed by atoms with E-state index in [1.165, 1.54) is 7.11 Å². The van der Waals surface area contributed by atoms with Gasteiger partial charge in [-0.3, -0.25) is 19.2 Å². The second kappa shape index (κ2) is 17.1. The third kappa shape index (κ3) is 10.9. The number of carbonyl (C=O) groups excluding carboxylic acids is 4. The van der Waals surface area contributed by atoms with Crippen LogP contribution in [0.3, 0.4) is 0 Å². The summed E-state index contributed by atoms with van der Waals surface area (Å²) in [6, 6.07) is 4.63. The number of ether oxygens (including phenoxy) is 2. The van der Waals surface area contributed by atoms with Crippen LogP contribution < -0.4 is 20.1 Å². The van der Waals surface area contributed by atoms with Crippen LogP contribution in [0.15, 0.2) is 30.6 Å². The number of imidazole rings is 1. The third-order valence-electron chi connectivity index (χ3n) is 7.52. The van der Waals surface area contributed by atoms with Crippen LogP contribution in [0.25, 0.3) is 0 Å². The molecule has 2 heterocycles. The summed E-state index contributed by atoms with van der Waals surface area (Å²) in [6.07, 6.45) is 7.65. The standard InChI is InChI=1S/C31H46N6O6/c1-23-31(41)35(3)16-5-6-17-37(30(40)9-7-18-36-20-15-32-24(36)2)19-8-14-33-28(38)13-11-25-10-12-26(42-4)27(21-25)43-22-29(39)34-23/h10,12,15,20-21,23H,5-9,11,13-14,16-19,22H2,1-4H3,(H,33,38)(H,34,39)/t23-/m0/s1. The summed E-state index contributed by atoms with van der Waals surface area (Å²) >= 11 is 0. The highest BCUT2D eigenvalue weighted by Crippen LogP contribution is 2.28. The van der Waals surface area contributed by atoms with Crippen molar-refractivity contribution in [3.63, 3.8) is 0 Å². The van der Waals surface area contributed by atoms with Crippen molar-refractivity contribution in [3.05, 3.63) is 42.0 Å². The van der Waals surface area contributed by atoms with Crippen molar-refractivity contribution >= 4 is 23.6 Å². The molecule has 0 unspecified atom stereocenters. The number of nitrogens with one attached hydrogen (secondary N) is 2. The number of rotatable bonds is 5. The zero-order chi connectivity index (χ0) is 31.2. The van der Waals surface area contributed by atoms with Gasteiger partial charge in [-0.2, -0.15) is 0 Å². The van der Waals surface area contributed by atoms with E-state index >= 15 is 0 Å². The molecule has 4 amide bonds. The van der Waals surface area contributed by atoms with E-state index in [1.54, 1.807) is 37.2 Å². The molecule has 0 saturated heterocycles. The Morgan fingerprint density at radius 3 is 2.60 bits per heavy atom. The van der Waals surface area contributed by atoms with Crippen LogP contribution in [0.4, 0.5) is 0 Å². The molecular weight excluding hydrogens is 552 g/mol. The van der Waals surface area contributed by atoms with Gasteiger partial charge in [0.15, 0.2) is 18.1 Å². The molecule has 12 nitrogen and oxygen atoms in total. The topological polar surface area (TPSA) is 135 Å². The summed E-state index contributed by atoms with van der Waals surface area (Å²) in [5.74, 6) is 1.15. The second-order valence-corrected chi connectivity index (χ2v) is 10.9. The number of fused-ring (bicyclic) bond motifs is 2. The number of benzene rings is 1. The number of amides is 4. The number of nitrogens with zero attached hydrogens (tertiary/aromatic N) is 4. The van der Waals surface area contributed by atoms with Crippen LogP contribution in [0.2, 0.25) is 0 Å². The molecule has 1 atom stereocenters. The predicted octanol–water partition coefficient (Wildman–Crippen LogP) is 2.08. The van der Waals surface area contributed by atoms with Gasteiger partial charge in [-0.15, -0.1) is 0 Å². The Morgan fingerprint density at radius 2 is 1.86 bits per heavy atom. The Labute approximate surface area is 254 Å². The Bertz CT molecular complexity index is 1230. The molecule has 0 saturated carbocycles. The molecule has 0 radical (unpaired) electrons. The highest BCUT2D eigenvalue weighted by molar-refractivity contribution is 5.87. The van der Waals surface area contributed by atoms with Crippen LogP contribution in [0, 0.1) is 6.92 Å². The highest BCUT2D eigenvalue weighted by atomic mass is 16.5. The summed E-state index contributed by atoms with van der Waals surface area (Å²) in [7, 11) is 3.22. The normalized spacial score (nSPS) is 18.5. The van der Waals surface area contributed by atoms with E-state index in [9.17, 15) is 19.2 Å². The molecule has 1 aliphatic heterocycles. The largest absolute Gasteiger partial charge is 0.493 e. The molecule has 2 aromatic rings. The van der Waals surface area contributed by atoms with Gasteiger partial charge in [-0.25, -0.2) is 4.98 Å². The molecule has 3 rings (SSSR count). The van der Waals surface area contributed by atoms with E-state index in [0.29, 0.717) is 69.8 Å². The lowest BCUT2D eigenvalue weighted by Crippen LogP contribution is -2.47. The lowest BCUT2D eigenvalue weighted by atomic mass is 10.1. The van der Waals surface area contributed by atoms with E-state index in [1.807, 2.05) is 28.7 Å². The van der Waals surface area contributed by atoms with E-state index in [-0.39, 0.29) is 30.7 Å². The fraction of sp³-hybridized carbons (Fsp3) is 0.581. The minimum atomic E-state index is -0.720. The van der Waals surface area contributed by atoms with Crippen molar-refractivity contribution in [1.82, 2.24) is 30.0 Å². The SMILES string of the molecule is COc1ccc2cc1OCC(=O)N[C@@H](C)C(=O)N(C)CCCCN(C(=O)CCCn1ccnc1C)CCCNC(=O)CC2. The van der Waals surface area contributed by atoms with E-state index in [4.69, 9.17) is 9.47 Å². The first-order chi connectivity index (χ1) is 20.7. The van der Waals surface area contributed by atoms with Crippen LogP contribution >= 0.6 is 0 Å². The monoisotopic (exact) mass is 598 g/mol. The smallest absolute Gasteiger partial charge is 0.258 e. The molecule has 0 spiro atoms. The summed E-state index contributed by atoms with van der Waals surface area (Å²) in [6.45, 7) is 6.11. The minimum Gasteiger partial charge on any atom is -0.493 e. The van der Waals surface area contributed by atoms with Crippen LogP contribution in [0.1, 0.15) is 56.8 Å². The molecule has 43 heavy (non-hydrogen) atoms. The van der Waals surface area contributed by atoms with Gasteiger partial charge < -0.3 is 34.5 Å². The summed E-state index contributed by atoms with van der Waals surface area (Å²) in [4.78, 5) is 58.8. The van der Waals surface area contributed by atoms with Gasteiger partial charge in [0.25, 0.3) is 5.91 Å². The highest BCUT2D eigenvalue weighted by Gasteiger charge is 2.21. The van der Waals surface area contributed by atoms with Crippen molar-refractivity contribution in [1.29, 1.82) is 0 Å². The average molecular weight is 599 g/mol. The maximum Gasteiger partial charge on any atom is 0.258 e. The zero-order valence-corrected chi connectivity index (χ0v) is 25.9. The van der Waals surface area contributed by atoms with Gasteiger partial charge in [-0.1, -0.05) is 6.07 Å². The van der Waals surface area contributed by atoms with E-state index in [2.05, 4.69) is 15.6 Å². The number of likely N-dealkylation sites (N-methyl/N-ethyl adjacent to an activating group) is 1. The molecule has 0 fully saturated rings. The van der Waals surface area contributed by atoms with Gasteiger partial charge in [0.2, 0.25) is 17.7 Å². The van der Waals surface area contributed by atoms with Crippen molar-refractivity contribution < 1.29 is 28.7 Å². The van der Waals surface area contributed by atoms with Gasteiger partial charge in [0.1, 0.15) is 11.9 Å². The zero-order valence-electron chi connectivity index (χ0n) is 25.9. The number of aromatic nitrogens is 2. The lowest BCUT2D eigenvalue weighted by molar-refractivity contribution is -0.135. The molecule has 1 aromatic heterocycles. The number of methoxy groups -OCH3 is 1. The van der Waals surface area contributed by atoms with Crippen molar-refractivity contribution in [3.8, 4) is 11.5 Å². The Morgan fingerprint density at radius 1 is 1.09 bits per heavy atom. The van der Waals surface area contributed by atoms with Crippen molar-refractivity contribution in [2.45, 2.75) is 71.4 Å². The van der Waals surface area contributed by atoms with Gasteiger partial charge in [0, 0.05) is 65.0 Å². The minimum absolute atomic E-state index is 0.0740. The summed E-state index contributed by atoms with van der Waals surface area (Å²) < 4.78 is 13.1. The van der Waals surface area contributed by atoms with Crippen LogP contribution in [0.5, 0.6) is 11.5 Å². The van der Waals surface area contributed by atoms with Crippen LogP contribution in [-0.4, -0.2) is 96.0 Å². The fourth-order valence-electron chi connectivity index (χ4n) is 4.97. The first kappa shape index (κ1) is 33.4. The maximum absolute atomic E-state index is 13.1. The summed E-state index contributed by atoms with van der Waals surface area (Å²) in [5.41, 5.74) is 0.862. The third-order valence-corrected chi connectivity index (χ3v) is 7.52. The quantitative estimate of drug-likeness (QED) is 0.538. The molecule has 2 bridgehead atoms. The lowest BCUT2D eigenvalue weighted by Gasteiger charge is -2.25. The van der Waals surface area contributed by atoms with Crippen molar-refractivity contribution in [2.24, 2.45) is 0 Å². The molecule has 0 aliphatic carbocycles. The van der Waals surface area contributed by atoms with E-state index in [0.717, 1.165) is 24.4 Å². The number of aryl methyl sites for hydroxylation is 3. The number of carbonyl (C=O) groups is 4. The van der Waals surface area contributed by atoms with Gasteiger partial charge in [-0.05, 0) is 63.6 Å². The van der Waals surface area contributed by atoms with Crippen LogP contribution in [-0.2, 0) is 32.1 Å². The molecule has 2 N–H and O–H groups in total. The van der Waals surface area contributed by atoms with E-state index < -0.39 is 11.9 Å². The molecule has 236 valence electrons. The Kier molecular flexibility index (Phi) is 13.3. The van der Waals surface area contributed by atoms with Crippen molar-refractivity contribution in [2.75, 3.05) is 46.9 Å². The average Bonchev–Trinajstić information content (AvgIpc) is 3.41. The summed E-state index contributed by atoms with van der Waals surface area (Å²) in [5, 5.41) is 5.66. The first-order valence-corrected chi connectivity index (χ1v) is 15.0. The fourth-order valence-corrected chi connectivity index (χ4v) is 4.97.